The van der Waals surface area contributed by atoms with Crippen LogP contribution in [0.4, 0.5) is 0 Å². The van der Waals surface area contributed by atoms with Crippen LogP contribution in [-0.4, -0.2) is 57.0 Å². The van der Waals surface area contributed by atoms with Crippen molar-refractivity contribution in [1.82, 2.24) is 20.0 Å². The highest BCUT2D eigenvalue weighted by molar-refractivity contribution is 5.52. The third-order valence-corrected chi connectivity index (χ3v) is 3.64. The Hall–Kier alpha value is -1.83. The molecule has 0 aromatic carbocycles. The van der Waals surface area contributed by atoms with Crippen LogP contribution in [0.3, 0.4) is 0 Å². The molecule has 7 heteroatoms. The van der Waals surface area contributed by atoms with Gasteiger partial charge in [-0.05, 0) is 18.7 Å². The summed E-state index contributed by atoms with van der Waals surface area (Å²) in [6.45, 7) is 4.22. The lowest BCUT2D eigenvalue weighted by molar-refractivity contribution is 0.0744. The zero-order valence-electron chi connectivity index (χ0n) is 11.8. The minimum Gasteiger partial charge on any atom is -0.389 e. The Morgan fingerprint density at radius 2 is 2.14 bits per heavy atom. The molecule has 0 spiro atoms. The van der Waals surface area contributed by atoms with Gasteiger partial charge in [0.2, 0.25) is 11.7 Å². The van der Waals surface area contributed by atoms with Gasteiger partial charge in [0.15, 0.2) is 0 Å². The molecule has 1 N–H and O–H groups in total. The van der Waals surface area contributed by atoms with Gasteiger partial charge in [0, 0.05) is 18.0 Å². The van der Waals surface area contributed by atoms with Crippen LogP contribution in [0.25, 0.3) is 11.4 Å². The fourth-order valence-corrected chi connectivity index (χ4v) is 2.46. The van der Waals surface area contributed by atoms with E-state index >= 15 is 0 Å². The van der Waals surface area contributed by atoms with Crippen LogP contribution in [0.1, 0.15) is 12.8 Å². The molecule has 0 aliphatic carbocycles. The van der Waals surface area contributed by atoms with Gasteiger partial charge in [-0.25, -0.2) is 0 Å². The zero-order chi connectivity index (χ0) is 14.7. The van der Waals surface area contributed by atoms with Crippen molar-refractivity contribution in [2.24, 2.45) is 0 Å². The second-order valence-corrected chi connectivity index (χ2v) is 4.98. The van der Waals surface area contributed by atoms with E-state index in [2.05, 4.69) is 20.0 Å². The van der Waals surface area contributed by atoms with Crippen molar-refractivity contribution in [2.45, 2.75) is 25.6 Å². The summed E-state index contributed by atoms with van der Waals surface area (Å²) in [6.07, 6.45) is 2.92. The molecule has 1 saturated heterocycles. The molecule has 7 nitrogen and oxygen atoms in total. The molecule has 3 heterocycles. The normalized spacial score (nSPS) is 22.0. The largest absolute Gasteiger partial charge is 0.389 e. The van der Waals surface area contributed by atoms with Crippen molar-refractivity contribution in [3.05, 3.63) is 30.4 Å². The summed E-state index contributed by atoms with van der Waals surface area (Å²) in [6, 6.07) is 3.65. The van der Waals surface area contributed by atoms with E-state index in [-0.39, 0.29) is 6.04 Å². The van der Waals surface area contributed by atoms with E-state index in [0.717, 1.165) is 12.1 Å². The zero-order valence-corrected chi connectivity index (χ0v) is 11.8. The molecule has 3 rings (SSSR count). The first-order valence-electron chi connectivity index (χ1n) is 7.00. The second-order valence-electron chi connectivity index (χ2n) is 4.98. The van der Waals surface area contributed by atoms with E-state index in [9.17, 15) is 5.11 Å². The molecule has 0 saturated carbocycles. The molecule has 2 atom stereocenters. The van der Waals surface area contributed by atoms with Crippen molar-refractivity contribution in [1.29, 1.82) is 0 Å². The van der Waals surface area contributed by atoms with Crippen LogP contribution in [-0.2, 0) is 11.3 Å². The maximum absolute atomic E-state index is 9.91. The molecule has 1 aliphatic heterocycles. The van der Waals surface area contributed by atoms with Gasteiger partial charge >= 0.3 is 0 Å². The fourth-order valence-electron chi connectivity index (χ4n) is 2.46. The molecule has 2 aromatic heterocycles. The summed E-state index contributed by atoms with van der Waals surface area (Å²) in [4.78, 5) is 10.4. The smallest absolute Gasteiger partial charge is 0.241 e. The fraction of sp³-hybridized carbons (Fsp3) is 0.500. The number of aromatic nitrogens is 3. The van der Waals surface area contributed by atoms with E-state index < -0.39 is 6.10 Å². The highest BCUT2D eigenvalue weighted by Crippen LogP contribution is 2.18. The molecule has 0 unspecified atom stereocenters. The average Bonchev–Trinajstić information content (AvgIpc) is 3.15. The van der Waals surface area contributed by atoms with Crippen molar-refractivity contribution in [3.63, 3.8) is 0 Å². The lowest BCUT2D eigenvalue weighted by Crippen LogP contribution is -2.42. The number of hydrogen-bond donors (Lipinski definition) is 1. The molecular weight excluding hydrogens is 272 g/mol. The van der Waals surface area contributed by atoms with Crippen LogP contribution < -0.4 is 0 Å². The number of aliphatic hydroxyl groups is 1. The Kier molecular flexibility index (Phi) is 4.23. The highest BCUT2D eigenvalue weighted by Gasteiger charge is 2.31. The minimum absolute atomic E-state index is 0.0220. The lowest BCUT2D eigenvalue weighted by Gasteiger charge is -2.26. The van der Waals surface area contributed by atoms with E-state index in [1.165, 1.54) is 0 Å². The number of hydrogen-bond acceptors (Lipinski definition) is 7. The van der Waals surface area contributed by atoms with Gasteiger partial charge in [0.05, 0.1) is 31.9 Å². The van der Waals surface area contributed by atoms with Gasteiger partial charge < -0.3 is 14.4 Å². The quantitative estimate of drug-likeness (QED) is 0.868. The molecule has 1 fully saturated rings. The van der Waals surface area contributed by atoms with Gasteiger partial charge in [-0.3, -0.25) is 9.88 Å². The second kappa shape index (κ2) is 6.30. The van der Waals surface area contributed by atoms with Crippen molar-refractivity contribution < 1.29 is 14.4 Å². The summed E-state index contributed by atoms with van der Waals surface area (Å²) >= 11 is 0. The van der Waals surface area contributed by atoms with Gasteiger partial charge in [-0.15, -0.1) is 0 Å². The van der Waals surface area contributed by atoms with Crippen molar-refractivity contribution in [2.75, 3.05) is 19.8 Å². The van der Waals surface area contributed by atoms with Crippen molar-refractivity contribution in [3.8, 4) is 11.4 Å². The van der Waals surface area contributed by atoms with Gasteiger partial charge in [-0.2, -0.15) is 4.98 Å². The van der Waals surface area contributed by atoms with E-state index in [4.69, 9.17) is 9.26 Å². The Morgan fingerprint density at radius 1 is 1.33 bits per heavy atom. The molecule has 0 amide bonds. The summed E-state index contributed by atoms with van der Waals surface area (Å²) < 4.78 is 10.6. The van der Waals surface area contributed by atoms with E-state index in [1.54, 1.807) is 12.4 Å². The molecule has 1 aliphatic rings. The summed E-state index contributed by atoms with van der Waals surface area (Å²) in [5.74, 6) is 1.08. The predicted molar refractivity (Wildman–Crippen MR) is 74.2 cm³/mol. The van der Waals surface area contributed by atoms with Crippen LogP contribution in [0.2, 0.25) is 0 Å². The predicted octanol–water partition coefficient (Wildman–Crippen LogP) is 0.713. The van der Waals surface area contributed by atoms with Crippen LogP contribution >= 0.6 is 0 Å². The SMILES string of the molecule is CCN(Cc1nc(-c2ccncc2)no1)[C@@H]1COC[C@H]1O. The van der Waals surface area contributed by atoms with E-state index in [0.29, 0.717) is 31.5 Å². The Morgan fingerprint density at radius 3 is 2.81 bits per heavy atom. The van der Waals surface area contributed by atoms with Gasteiger partial charge in [0.25, 0.3) is 0 Å². The average molecular weight is 290 g/mol. The number of pyridine rings is 1. The molecule has 112 valence electrons. The van der Waals surface area contributed by atoms with Crippen molar-refractivity contribution >= 4 is 0 Å². The first kappa shape index (κ1) is 14.1. The lowest BCUT2D eigenvalue weighted by atomic mass is 10.2. The highest BCUT2D eigenvalue weighted by atomic mass is 16.5. The third-order valence-electron chi connectivity index (χ3n) is 3.64. The maximum atomic E-state index is 9.91. The van der Waals surface area contributed by atoms with Gasteiger partial charge in [0.1, 0.15) is 0 Å². The van der Waals surface area contributed by atoms with Gasteiger partial charge in [-0.1, -0.05) is 12.1 Å². The summed E-state index contributed by atoms with van der Waals surface area (Å²) in [5.41, 5.74) is 0.868. The van der Waals surface area contributed by atoms with Crippen LogP contribution in [0.5, 0.6) is 0 Å². The standard InChI is InChI=1S/C14H18N4O3/c1-2-18(11-8-20-9-12(11)19)7-13-16-14(17-21-13)10-3-5-15-6-4-10/h3-6,11-12,19H,2,7-9H2,1H3/t11-,12-/m1/s1. The first-order chi connectivity index (χ1) is 10.3. The number of nitrogens with zero attached hydrogens (tertiary/aromatic N) is 4. The number of ether oxygens (including phenoxy) is 1. The Labute approximate surface area is 122 Å². The molecule has 2 aromatic rings. The topological polar surface area (TPSA) is 84.5 Å². The molecule has 0 radical (unpaired) electrons. The number of likely N-dealkylation sites (N-methyl/N-ethyl adjacent to an activating group) is 1. The van der Waals surface area contributed by atoms with Crippen LogP contribution in [0.15, 0.2) is 29.0 Å². The third kappa shape index (κ3) is 3.10. The molecule has 0 bridgehead atoms. The Balaban J connectivity index is 1.71. The Bertz CT molecular complexity index is 575. The number of rotatable bonds is 5. The number of aliphatic hydroxyl groups excluding tert-OH is 1. The molecule has 21 heavy (non-hydrogen) atoms. The maximum Gasteiger partial charge on any atom is 0.241 e. The van der Waals surface area contributed by atoms with E-state index in [1.807, 2.05) is 19.1 Å². The van der Waals surface area contributed by atoms with Crippen LogP contribution in [0, 0.1) is 0 Å². The monoisotopic (exact) mass is 290 g/mol. The first-order valence-corrected chi connectivity index (χ1v) is 7.00. The molecular formula is C14H18N4O3. The summed E-state index contributed by atoms with van der Waals surface area (Å²) in [5, 5.41) is 13.9. The summed E-state index contributed by atoms with van der Waals surface area (Å²) in [7, 11) is 0. The minimum atomic E-state index is -0.465.